The van der Waals surface area contributed by atoms with Crippen molar-refractivity contribution >= 4 is 87.0 Å². The molecule has 10 rings (SSSR count). The molecule has 0 amide bonds. The summed E-state index contributed by atoms with van der Waals surface area (Å²) in [7, 11) is 0. The van der Waals surface area contributed by atoms with Crippen LogP contribution in [-0.4, -0.2) is 0 Å². The fraction of sp³-hybridized carbons (Fsp3) is 0.0204. The second kappa shape index (κ2) is 12.3. The molecule has 0 N–H and O–H groups in total. The van der Waals surface area contributed by atoms with Gasteiger partial charge in [0.25, 0.3) is 0 Å². The zero-order chi connectivity index (χ0) is 34.8. The molecule has 0 bridgehead atoms. The summed E-state index contributed by atoms with van der Waals surface area (Å²) < 4.78 is 10.0. The highest BCUT2D eigenvalue weighted by molar-refractivity contribution is 7.26. The fourth-order valence-electron chi connectivity index (χ4n) is 7.81. The summed E-state index contributed by atoms with van der Waals surface area (Å²) in [6.07, 6.45) is 6.33. The van der Waals surface area contributed by atoms with Crippen molar-refractivity contribution in [2.75, 3.05) is 0 Å². The molecule has 52 heavy (non-hydrogen) atoms. The third-order valence-electron chi connectivity index (χ3n) is 10.2. The number of benzene rings is 7. The van der Waals surface area contributed by atoms with E-state index in [1.165, 1.54) is 85.2 Å². The second-order valence-corrected chi connectivity index (χ2v) is 15.4. The molecular formula is C49H32OS2. The first kappa shape index (κ1) is 30.8. The molecule has 0 spiro atoms. The molecule has 0 unspecified atom stereocenters. The first-order chi connectivity index (χ1) is 25.7. The molecule has 3 aromatic heterocycles. The van der Waals surface area contributed by atoms with Crippen molar-refractivity contribution in [3.63, 3.8) is 0 Å². The Balaban J connectivity index is 1.21. The van der Waals surface area contributed by atoms with Crippen LogP contribution in [0.5, 0.6) is 0 Å². The Morgan fingerprint density at radius 2 is 1.08 bits per heavy atom. The van der Waals surface area contributed by atoms with Gasteiger partial charge in [-0.3, -0.25) is 0 Å². The number of hydrogen-bond donors (Lipinski definition) is 0. The number of para-hydroxylation sites is 1. The van der Waals surface area contributed by atoms with Gasteiger partial charge in [-0.1, -0.05) is 104 Å². The maximum atomic E-state index is 6.15. The van der Waals surface area contributed by atoms with E-state index in [-0.39, 0.29) is 0 Å². The average Bonchev–Trinajstić information content (AvgIpc) is 3.88. The molecule has 0 fully saturated rings. The molecule has 7 aromatic carbocycles. The van der Waals surface area contributed by atoms with Gasteiger partial charge in [-0.25, -0.2) is 0 Å². The largest absolute Gasteiger partial charge is 0.456 e. The molecule has 0 aliphatic carbocycles. The molecule has 0 saturated heterocycles. The predicted octanol–water partition coefficient (Wildman–Crippen LogP) is 15.5. The smallest absolute Gasteiger partial charge is 0.135 e. The number of thiophene rings is 2. The molecule has 0 aliphatic heterocycles. The van der Waals surface area contributed by atoms with E-state index in [0.29, 0.717) is 0 Å². The van der Waals surface area contributed by atoms with E-state index in [1.54, 1.807) is 0 Å². The van der Waals surface area contributed by atoms with Gasteiger partial charge in [-0.2, -0.15) is 0 Å². The number of furan rings is 1. The summed E-state index contributed by atoms with van der Waals surface area (Å²) in [6, 6.07) is 53.1. The van der Waals surface area contributed by atoms with Crippen LogP contribution in [0, 0.1) is 0 Å². The van der Waals surface area contributed by atoms with E-state index in [9.17, 15) is 0 Å². The van der Waals surface area contributed by atoms with Crippen LogP contribution in [0.3, 0.4) is 0 Å². The maximum absolute atomic E-state index is 6.15. The van der Waals surface area contributed by atoms with Gasteiger partial charge in [-0.05, 0) is 118 Å². The van der Waals surface area contributed by atoms with Gasteiger partial charge < -0.3 is 4.42 Å². The summed E-state index contributed by atoms with van der Waals surface area (Å²) in [6.45, 7) is 6.33. The van der Waals surface area contributed by atoms with E-state index in [1.807, 2.05) is 40.9 Å². The van der Waals surface area contributed by atoms with Crippen molar-refractivity contribution in [1.82, 2.24) is 0 Å². The Kier molecular flexibility index (Phi) is 7.31. The van der Waals surface area contributed by atoms with Gasteiger partial charge in [0.1, 0.15) is 11.2 Å². The van der Waals surface area contributed by atoms with Crippen molar-refractivity contribution in [2.24, 2.45) is 0 Å². The quantitative estimate of drug-likeness (QED) is 0.168. The molecule has 10 aromatic rings. The van der Waals surface area contributed by atoms with Crippen LogP contribution in [0.15, 0.2) is 163 Å². The minimum atomic E-state index is 0.910. The summed E-state index contributed by atoms with van der Waals surface area (Å²) in [5, 5.41) is 6.16. The van der Waals surface area contributed by atoms with Gasteiger partial charge in [0.05, 0.1) is 0 Å². The number of allylic oxidation sites excluding steroid dienone is 1. The van der Waals surface area contributed by atoms with Crippen molar-refractivity contribution < 1.29 is 4.42 Å². The maximum Gasteiger partial charge on any atom is 0.135 e. The molecule has 0 atom stereocenters. The average molecular weight is 701 g/mol. The number of fused-ring (bicyclic) bond motifs is 7. The first-order valence-electron chi connectivity index (χ1n) is 17.6. The topological polar surface area (TPSA) is 13.1 Å². The molecule has 1 nitrogen and oxygen atoms in total. The minimum absolute atomic E-state index is 0.910. The van der Waals surface area contributed by atoms with Crippen LogP contribution < -0.4 is 0 Å². The third kappa shape index (κ3) is 4.97. The summed E-state index contributed by atoms with van der Waals surface area (Å²) in [5.41, 5.74) is 12.6. The number of rotatable bonds is 6. The molecule has 246 valence electrons. The van der Waals surface area contributed by atoms with E-state index >= 15 is 0 Å². The Morgan fingerprint density at radius 3 is 1.87 bits per heavy atom. The highest BCUT2D eigenvalue weighted by atomic mass is 32.1. The van der Waals surface area contributed by atoms with Crippen LogP contribution in [0.25, 0.3) is 109 Å². The second-order valence-electron chi connectivity index (χ2n) is 13.2. The lowest BCUT2D eigenvalue weighted by Gasteiger charge is -2.14. The van der Waals surface area contributed by atoms with Crippen molar-refractivity contribution in [3.05, 3.63) is 169 Å². The number of hydrogen-bond acceptors (Lipinski definition) is 3. The zero-order valence-electron chi connectivity index (χ0n) is 28.5. The first-order valence-corrected chi connectivity index (χ1v) is 19.2. The molecule has 0 saturated carbocycles. The normalized spacial score (nSPS) is 11.9. The third-order valence-corrected chi connectivity index (χ3v) is 12.4. The Bertz CT molecular complexity index is 3050. The summed E-state index contributed by atoms with van der Waals surface area (Å²) >= 11 is 3.69. The van der Waals surface area contributed by atoms with Gasteiger partial charge in [0.15, 0.2) is 0 Å². The minimum Gasteiger partial charge on any atom is -0.456 e. The van der Waals surface area contributed by atoms with Crippen LogP contribution in [0.1, 0.15) is 17.4 Å². The molecule has 3 heteroatoms. The monoisotopic (exact) mass is 700 g/mol. The zero-order valence-corrected chi connectivity index (χ0v) is 30.2. The lowest BCUT2D eigenvalue weighted by molar-refractivity contribution is 0.669. The molecule has 3 heterocycles. The fourth-order valence-corrected chi connectivity index (χ4v) is 10.2. The lowest BCUT2D eigenvalue weighted by Crippen LogP contribution is -1.89. The molecular weight excluding hydrogens is 669 g/mol. The van der Waals surface area contributed by atoms with Crippen LogP contribution >= 0.6 is 22.7 Å². The Labute approximate surface area is 310 Å². The SMILES string of the molecule is C=Cc1c(/C=C\C)sc2cccc(-c3cc(-c4cccc(-c5ccc6oc7ccccc7c6c5)c4)cc(-c4cccc5sc6ccccc6c45)c3)c12. The highest BCUT2D eigenvalue weighted by Crippen LogP contribution is 2.45. The standard InChI is InChI=1S/C49H32OS2/c1-3-12-44-36(4-2)48-37(17-10-21-46(48)51-44)34-26-33(27-35(28-34)38-18-11-22-47-49(38)40-16-6-8-20-45(40)52-47)31-14-9-13-30(25-31)32-23-24-43-41(29-32)39-15-5-7-19-42(39)50-43/h3-29H,2H2,1H3/b12-3-. The van der Waals surface area contributed by atoms with E-state index < -0.39 is 0 Å². The van der Waals surface area contributed by atoms with Crippen molar-refractivity contribution in [3.8, 4) is 44.5 Å². The lowest BCUT2D eigenvalue weighted by atomic mass is 9.89. The predicted molar refractivity (Wildman–Crippen MR) is 229 cm³/mol. The van der Waals surface area contributed by atoms with Gasteiger partial charge in [-0.15, -0.1) is 22.7 Å². The molecule has 0 radical (unpaired) electrons. The van der Waals surface area contributed by atoms with E-state index in [0.717, 1.165) is 21.9 Å². The van der Waals surface area contributed by atoms with E-state index in [4.69, 9.17) is 4.42 Å². The van der Waals surface area contributed by atoms with Crippen LogP contribution in [0.4, 0.5) is 0 Å². The van der Waals surface area contributed by atoms with Crippen LogP contribution in [0.2, 0.25) is 0 Å². The van der Waals surface area contributed by atoms with E-state index in [2.05, 4.69) is 159 Å². The van der Waals surface area contributed by atoms with Crippen LogP contribution in [-0.2, 0) is 0 Å². The van der Waals surface area contributed by atoms with Crippen molar-refractivity contribution in [2.45, 2.75) is 6.92 Å². The van der Waals surface area contributed by atoms with Crippen molar-refractivity contribution in [1.29, 1.82) is 0 Å². The van der Waals surface area contributed by atoms with Gasteiger partial charge >= 0.3 is 0 Å². The van der Waals surface area contributed by atoms with Gasteiger partial charge in [0, 0.05) is 51.5 Å². The summed E-state index contributed by atoms with van der Waals surface area (Å²) in [4.78, 5) is 1.24. The summed E-state index contributed by atoms with van der Waals surface area (Å²) in [5.74, 6) is 0. The Morgan fingerprint density at radius 1 is 0.481 bits per heavy atom. The molecule has 0 aliphatic rings. The Hall–Kier alpha value is -6.00. The highest BCUT2D eigenvalue weighted by Gasteiger charge is 2.18. The van der Waals surface area contributed by atoms with Gasteiger partial charge in [0.2, 0.25) is 0 Å².